The average molecular weight is 277 g/mol. The number of piperazine rings is 1. The summed E-state index contributed by atoms with van der Waals surface area (Å²) in [6, 6.07) is 3.01. The Balaban J connectivity index is 1.71. The van der Waals surface area contributed by atoms with Crippen molar-refractivity contribution in [3.05, 3.63) is 24.2 Å². The summed E-state index contributed by atoms with van der Waals surface area (Å²) < 4.78 is 5.16. The summed E-state index contributed by atoms with van der Waals surface area (Å²) in [5, 5.41) is 3.23. The molecule has 6 heteroatoms. The molecule has 6 nitrogen and oxygen atoms in total. The van der Waals surface area contributed by atoms with Gasteiger partial charge in [0.25, 0.3) is 5.91 Å². The van der Waals surface area contributed by atoms with Crippen molar-refractivity contribution in [1.29, 1.82) is 0 Å². The van der Waals surface area contributed by atoms with Gasteiger partial charge < -0.3 is 19.5 Å². The van der Waals surface area contributed by atoms with E-state index < -0.39 is 0 Å². The zero-order valence-electron chi connectivity index (χ0n) is 11.4. The smallest absolute Gasteiger partial charge is 0.290 e. The molecule has 1 atom stereocenters. The average Bonchev–Trinajstić information content (AvgIpc) is 3.18. The first-order valence-corrected chi connectivity index (χ1v) is 7.11. The molecular weight excluding hydrogens is 258 g/mol. The predicted octanol–water partition coefficient (Wildman–Crippen LogP) is 0.316. The van der Waals surface area contributed by atoms with Crippen LogP contribution in [0.3, 0.4) is 0 Å². The van der Waals surface area contributed by atoms with Crippen LogP contribution in [0.5, 0.6) is 0 Å². The van der Waals surface area contributed by atoms with E-state index >= 15 is 0 Å². The van der Waals surface area contributed by atoms with E-state index in [1.807, 2.05) is 4.90 Å². The molecule has 2 fully saturated rings. The summed E-state index contributed by atoms with van der Waals surface area (Å²) in [5.41, 5.74) is 0. The maximum atomic E-state index is 12.6. The lowest BCUT2D eigenvalue weighted by atomic mass is 10.1. The maximum Gasteiger partial charge on any atom is 0.290 e. The summed E-state index contributed by atoms with van der Waals surface area (Å²) >= 11 is 0. The third kappa shape index (κ3) is 2.43. The monoisotopic (exact) mass is 277 g/mol. The molecule has 1 aromatic rings. The number of likely N-dealkylation sites (tertiary alicyclic amines) is 1. The Kier molecular flexibility index (Phi) is 3.73. The standard InChI is InChI=1S/C14H19N3O3/c18-13(16-8-5-15-6-9-16)11-3-1-7-17(11)14(19)12-4-2-10-20-12/h2,4,10-11,15H,1,3,5-9H2. The van der Waals surface area contributed by atoms with Crippen LogP contribution in [0.1, 0.15) is 23.4 Å². The molecule has 0 aliphatic carbocycles. The molecule has 2 aliphatic heterocycles. The highest BCUT2D eigenvalue weighted by atomic mass is 16.3. The van der Waals surface area contributed by atoms with E-state index in [1.54, 1.807) is 17.0 Å². The van der Waals surface area contributed by atoms with Gasteiger partial charge in [0, 0.05) is 32.7 Å². The Morgan fingerprint density at radius 2 is 2.05 bits per heavy atom. The van der Waals surface area contributed by atoms with Crippen LogP contribution in [-0.4, -0.2) is 60.4 Å². The summed E-state index contributed by atoms with van der Waals surface area (Å²) in [6.45, 7) is 3.72. The lowest BCUT2D eigenvalue weighted by molar-refractivity contribution is -0.135. The number of furan rings is 1. The van der Waals surface area contributed by atoms with Crippen LogP contribution in [0.4, 0.5) is 0 Å². The van der Waals surface area contributed by atoms with Gasteiger partial charge in [0.05, 0.1) is 6.26 Å². The molecule has 2 amide bonds. The van der Waals surface area contributed by atoms with Gasteiger partial charge in [-0.3, -0.25) is 9.59 Å². The van der Waals surface area contributed by atoms with Crippen molar-refractivity contribution in [2.45, 2.75) is 18.9 Å². The molecule has 0 radical (unpaired) electrons. The molecule has 2 saturated heterocycles. The van der Waals surface area contributed by atoms with Crippen LogP contribution in [0.2, 0.25) is 0 Å². The van der Waals surface area contributed by atoms with E-state index in [9.17, 15) is 9.59 Å². The molecule has 0 saturated carbocycles. The van der Waals surface area contributed by atoms with E-state index in [0.29, 0.717) is 12.3 Å². The third-order valence-electron chi connectivity index (χ3n) is 3.96. The van der Waals surface area contributed by atoms with Crippen molar-refractivity contribution in [2.75, 3.05) is 32.7 Å². The Bertz CT molecular complexity index is 480. The normalized spacial score (nSPS) is 23.1. The number of hydrogen-bond acceptors (Lipinski definition) is 4. The number of hydrogen-bond donors (Lipinski definition) is 1. The van der Waals surface area contributed by atoms with Gasteiger partial charge in [0.1, 0.15) is 6.04 Å². The van der Waals surface area contributed by atoms with Gasteiger partial charge in [0.15, 0.2) is 5.76 Å². The van der Waals surface area contributed by atoms with Crippen LogP contribution >= 0.6 is 0 Å². The fourth-order valence-corrected chi connectivity index (χ4v) is 2.90. The highest BCUT2D eigenvalue weighted by Crippen LogP contribution is 2.22. The lowest BCUT2D eigenvalue weighted by Gasteiger charge is -2.32. The topological polar surface area (TPSA) is 65.8 Å². The van der Waals surface area contributed by atoms with E-state index in [1.165, 1.54) is 6.26 Å². The number of carbonyl (C=O) groups is 2. The molecule has 20 heavy (non-hydrogen) atoms. The molecule has 1 aromatic heterocycles. The van der Waals surface area contributed by atoms with Crippen LogP contribution in [0.15, 0.2) is 22.8 Å². The SMILES string of the molecule is O=C(C1CCCN1C(=O)c1ccco1)N1CCNCC1. The van der Waals surface area contributed by atoms with Crippen molar-refractivity contribution >= 4 is 11.8 Å². The molecule has 0 bridgehead atoms. The molecule has 1 unspecified atom stereocenters. The minimum absolute atomic E-state index is 0.0731. The summed E-state index contributed by atoms with van der Waals surface area (Å²) in [7, 11) is 0. The Morgan fingerprint density at radius 1 is 1.25 bits per heavy atom. The second kappa shape index (κ2) is 5.66. The Hall–Kier alpha value is -1.82. The van der Waals surface area contributed by atoms with Gasteiger partial charge >= 0.3 is 0 Å². The largest absolute Gasteiger partial charge is 0.459 e. The maximum absolute atomic E-state index is 12.6. The van der Waals surface area contributed by atoms with E-state index in [-0.39, 0.29) is 17.9 Å². The van der Waals surface area contributed by atoms with Crippen LogP contribution in [0.25, 0.3) is 0 Å². The minimum atomic E-state index is -0.328. The zero-order valence-corrected chi connectivity index (χ0v) is 11.4. The van der Waals surface area contributed by atoms with Crippen LogP contribution in [-0.2, 0) is 4.79 Å². The van der Waals surface area contributed by atoms with E-state index in [0.717, 1.165) is 39.0 Å². The number of amides is 2. The number of carbonyl (C=O) groups excluding carboxylic acids is 2. The van der Waals surface area contributed by atoms with E-state index in [2.05, 4.69) is 5.32 Å². The molecule has 0 spiro atoms. The first-order chi connectivity index (χ1) is 9.77. The fraction of sp³-hybridized carbons (Fsp3) is 0.571. The quantitative estimate of drug-likeness (QED) is 0.845. The molecule has 3 rings (SSSR count). The molecule has 0 aromatic carbocycles. The minimum Gasteiger partial charge on any atom is -0.459 e. The Morgan fingerprint density at radius 3 is 2.75 bits per heavy atom. The number of nitrogens with zero attached hydrogens (tertiary/aromatic N) is 2. The first kappa shape index (κ1) is 13.2. The van der Waals surface area contributed by atoms with Crippen molar-refractivity contribution < 1.29 is 14.0 Å². The number of rotatable bonds is 2. The highest BCUT2D eigenvalue weighted by molar-refractivity contribution is 5.96. The van der Waals surface area contributed by atoms with Gasteiger partial charge in [-0.25, -0.2) is 0 Å². The van der Waals surface area contributed by atoms with Crippen LogP contribution < -0.4 is 5.32 Å². The van der Waals surface area contributed by atoms with Crippen LogP contribution in [0, 0.1) is 0 Å². The third-order valence-corrected chi connectivity index (χ3v) is 3.96. The van der Waals surface area contributed by atoms with Gasteiger partial charge in [-0.1, -0.05) is 0 Å². The highest BCUT2D eigenvalue weighted by Gasteiger charge is 2.37. The second-order valence-corrected chi connectivity index (χ2v) is 5.21. The molecule has 2 aliphatic rings. The second-order valence-electron chi connectivity index (χ2n) is 5.21. The summed E-state index contributed by atoms with van der Waals surface area (Å²) in [6.07, 6.45) is 3.10. The van der Waals surface area contributed by atoms with Crippen molar-refractivity contribution in [3.63, 3.8) is 0 Å². The van der Waals surface area contributed by atoms with Crippen molar-refractivity contribution in [1.82, 2.24) is 15.1 Å². The lowest BCUT2D eigenvalue weighted by Crippen LogP contribution is -2.53. The van der Waals surface area contributed by atoms with Crippen molar-refractivity contribution in [3.8, 4) is 0 Å². The van der Waals surface area contributed by atoms with Gasteiger partial charge in [-0.2, -0.15) is 0 Å². The first-order valence-electron chi connectivity index (χ1n) is 7.11. The fourth-order valence-electron chi connectivity index (χ4n) is 2.90. The number of nitrogens with one attached hydrogen (secondary N) is 1. The van der Waals surface area contributed by atoms with Gasteiger partial charge in [-0.05, 0) is 25.0 Å². The summed E-state index contributed by atoms with van der Waals surface area (Å²) in [4.78, 5) is 28.4. The van der Waals surface area contributed by atoms with Gasteiger partial charge in [0.2, 0.25) is 5.91 Å². The Labute approximate surface area is 117 Å². The molecule has 108 valence electrons. The zero-order chi connectivity index (χ0) is 13.9. The molecular formula is C14H19N3O3. The summed E-state index contributed by atoms with van der Waals surface area (Å²) in [5.74, 6) is 0.204. The van der Waals surface area contributed by atoms with E-state index in [4.69, 9.17) is 4.42 Å². The molecule has 1 N–H and O–H groups in total. The van der Waals surface area contributed by atoms with Crippen molar-refractivity contribution in [2.24, 2.45) is 0 Å². The predicted molar refractivity (Wildman–Crippen MR) is 72.2 cm³/mol. The molecule has 3 heterocycles. The van der Waals surface area contributed by atoms with Gasteiger partial charge in [-0.15, -0.1) is 0 Å².